The van der Waals surface area contributed by atoms with Crippen molar-refractivity contribution in [3.63, 3.8) is 0 Å². The van der Waals surface area contributed by atoms with Crippen LogP contribution in [-0.2, 0) is 9.47 Å². The molecule has 0 aliphatic rings. The first-order valence-electron chi connectivity index (χ1n) is 9.36. The average molecular weight is 349 g/mol. The van der Waals surface area contributed by atoms with Crippen LogP contribution in [0.1, 0.15) is 86.7 Å². The highest BCUT2D eigenvalue weighted by Crippen LogP contribution is 2.08. The lowest BCUT2D eigenvalue weighted by atomic mass is 10.1. The van der Waals surface area contributed by atoms with Gasteiger partial charge in [-0.15, -0.1) is 0 Å². The van der Waals surface area contributed by atoms with Gasteiger partial charge in [0.25, 0.3) is 0 Å². The van der Waals surface area contributed by atoms with Gasteiger partial charge in [-0.25, -0.2) is 14.6 Å². The molecule has 1 aromatic rings. The molecule has 0 radical (unpaired) electrons. The lowest BCUT2D eigenvalue weighted by molar-refractivity contribution is 0.0476. The largest absolute Gasteiger partial charge is 0.461 e. The standard InChI is InChI=1S/C20H31NO4/c1-4-5-6-7-8-9-14-24-19(22)17-11-10-12-18(21-17)20(23)25-15-13-16(2)3/h10-12,16H,4-9,13-15H2,1-3H3. The molecule has 1 rings (SSSR count). The fourth-order valence-electron chi connectivity index (χ4n) is 2.24. The van der Waals surface area contributed by atoms with Crippen molar-refractivity contribution in [1.82, 2.24) is 4.98 Å². The van der Waals surface area contributed by atoms with Crippen LogP contribution < -0.4 is 0 Å². The summed E-state index contributed by atoms with van der Waals surface area (Å²) in [6.45, 7) is 7.04. The molecule has 5 heteroatoms. The average Bonchev–Trinajstić information content (AvgIpc) is 2.60. The van der Waals surface area contributed by atoms with Crippen LogP contribution in [0.15, 0.2) is 18.2 Å². The summed E-state index contributed by atoms with van der Waals surface area (Å²) in [5.74, 6) is -0.541. The fourth-order valence-corrected chi connectivity index (χ4v) is 2.24. The molecule has 1 heterocycles. The predicted molar refractivity (Wildman–Crippen MR) is 97.6 cm³/mol. The van der Waals surface area contributed by atoms with E-state index in [1.807, 2.05) is 0 Å². The minimum atomic E-state index is -0.508. The van der Waals surface area contributed by atoms with Gasteiger partial charge in [-0.3, -0.25) is 0 Å². The summed E-state index contributed by atoms with van der Waals surface area (Å²) >= 11 is 0. The van der Waals surface area contributed by atoms with E-state index in [1.165, 1.54) is 25.7 Å². The van der Waals surface area contributed by atoms with Gasteiger partial charge in [0.15, 0.2) is 0 Å². The number of carbonyl (C=O) groups is 2. The summed E-state index contributed by atoms with van der Waals surface area (Å²) in [4.78, 5) is 28.0. The highest BCUT2D eigenvalue weighted by molar-refractivity contribution is 5.91. The first kappa shape index (κ1) is 21.1. The third-order valence-corrected chi connectivity index (χ3v) is 3.83. The molecule has 0 spiro atoms. The Morgan fingerprint density at radius 2 is 1.48 bits per heavy atom. The normalized spacial score (nSPS) is 10.7. The van der Waals surface area contributed by atoms with E-state index in [4.69, 9.17) is 9.47 Å². The molecule has 0 atom stereocenters. The van der Waals surface area contributed by atoms with Crippen LogP contribution in [0.5, 0.6) is 0 Å². The van der Waals surface area contributed by atoms with Gasteiger partial charge >= 0.3 is 11.9 Å². The monoisotopic (exact) mass is 349 g/mol. The van der Waals surface area contributed by atoms with Crippen LogP contribution in [-0.4, -0.2) is 30.1 Å². The van der Waals surface area contributed by atoms with Crippen LogP contribution in [0, 0.1) is 5.92 Å². The zero-order chi connectivity index (χ0) is 18.5. The van der Waals surface area contributed by atoms with E-state index in [0.717, 1.165) is 19.3 Å². The van der Waals surface area contributed by atoms with E-state index < -0.39 is 11.9 Å². The number of carbonyl (C=O) groups excluding carboxylic acids is 2. The third-order valence-electron chi connectivity index (χ3n) is 3.83. The molecular weight excluding hydrogens is 318 g/mol. The Morgan fingerprint density at radius 3 is 2.08 bits per heavy atom. The van der Waals surface area contributed by atoms with Crippen molar-refractivity contribution in [3.8, 4) is 0 Å². The lowest BCUT2D eigenvalue weighted by Crippen LogP contribution is -2.14. The molecule has 140 valence electrons. The molecule has 0 amide bonds. The maximum Gasteiger partial charge on any atom is 0.356 e. The van der Waals surface area contributed by atoms with E-state index >= 15 is 0 Å². The van der Waals surface area contributed by atoms with Crippen LogP contribution in [0.4, 0.5) is 0 Å². The molecule has 0 aliphatic carbocycles. The summed E-state index contributed by atoms with van der Waals surface area (Å²) in [6.07, 6.45) is 7.58. The number of pyridine rings is 1. The van der Waals surface area contributed by atoms with E-state index in [9.17, 15) is 9.59 Å². The number of nitrogens with zero attached hydrogens (tertiary/aromatic N) is 1. The summed E-state index contributed by atoms with van der Waals surface area (Å²) in [5.41, 5.74) is 0.280. The Kier molecular flexibility index (Phi) is 10.5. The second-order valence-corrected chi connectivity index (χ2v) is 6.63. The van der Waals surface area contributed by atoms with E-state index in [1.54, 1.807) is 18.2 Å². The quantitative estimate of drug-likeness (QED) is 0.400. The number of hydrogen-bond donors (Lipinski definition) is 0. The number of ether oxygens (including phenoxy) is 2. The van der Waals surface area contributed by atoms with Crippen molar-refractivity contribution in [3.05, 3.63) is 29.6 Å². The molecule has 25 heavy (non-hydrogen) atoms. The Balaban J connectivity index is 2.37. The highest BCUT2D eigenvalue weighted by atomic mass is 16.5. The Hall–Kier alpha value is -1.91. The second kappa shape index (κ2) is 12.5. The smallest absolute Gasteiger partial charge is 0.356 e. The second-order valence-electron chi connectivity index (χ2n) is 6.63. The zero-order valence-electron chi connectivity index (χ0n) is 15.8. The topological polar surface area (TPSA) is 65.5 Å². The maximum atomic E-state index is 12.0. The fraction of sp³-hybridized carbons (Fsp3) is 0.650. The van der Waals surface area contributed by atoms with Crippen LogP contribution >= 0.6 is 0 Å². The van der Waals surface area contributed by atoms with Gasteiger partial charge in [-0.1, -0.05) is 58.9 Å². The van der Waals surface area contributed by atoms with Gasteiger partial charge in [0.2, 0.25) is 0 Å². The zero-order valence-corrected chi connectivity index (χ0v) is 15.8. The van der Waals surface area contributed by atoms with Gasteiger partial charge in [-0.05, 0) is 30.9 Å². The van der Waals surface area contributed by atoms with E-state index in [-0.39, 0.29) is 11.4 Å². The molecule has 0 fully saturated rings. The van der Waals surface area contributed by atoms with Crippen LogP contribution in [0.25, 0.3) is 0 Å². The van der Waals surface area contributed by atoms with Gasteiger partial charge in [-0.2, -0.15) is 0 Å². The summed E-state index contributed by atoms with van der Waals surface area (Å²) in [6, 6.07) is 4.71. The first-order chi connectivity index (χ1) is 12.0. The number of aromatic nitrogens is 1. The lowest BCUT2D eigenvalue weighted by Gasteiger charge is -2.08. The minimum Gasteiger partial charge on any atom is -0.461 e. The number of unbranched alkanes of at least 4 members (excludes halogenated alkanes) is 5. The minimum absolute atomic E-state index is 0.137. The Bertz CT molecular complexity index is 528. The molecule has 0 saturated carbocycles. The van der Waals surface area contributed by atoms with Crippen molar-refractivity contribution in [1.29, 1.82) is 0 Å². The molecule has 1 aromatic heterocycles. The van der Waals surface area contributed by atoms with Crippen molar-refractivity contribution in [2.75, 3.05) is 13.2 Å². The van der Waals surface area contributed by atoms with Gasteiger partial charge in [0, 0.05) is 0 Å². The molecule has 5 nitrogen and oxygen atoms in total. The number of rotatable bonds is 12. The van der Waals surface area contributed by atoms with Gasteiger partial charge in [0.1, 0.15) is 11.4 Å². The Morgan fingerprint density at radius 1 is 0.920 bits per heavy atom. The molecular formula is C20H31NO4. The summed E-state index contributed by atoms with van der Waals surface area (Å²) in [7, 11) is 0. The van der Waals surface area contributed by atoms with Crippen molar-refractivity contribution in [2.24, 2.45) is 5.92 Å². The molecule has 0 aromatic carbocycles. The summed E-state index contributed by atoms with van der Waals surface area (Å²) in [5, 5.41) is 0. The van der Waals surface area contributed by atoms with Crippen molar-refractivity contribution >= 4 is 11.9 Å². The highest BCUT2D eigenvalue weighted by Gasteiger charge is 2.14. The molecule has 0 aliphatic heterocycles. The molecule has 0 bridgehead atoms. The molecule has 0 unspecified atom stereocenters. The van der Waals surface area contributed by atoms with Crippen LogP contribution in [0.2, 0.25) is 0 Å². The first-order valence-corrected chi connectivity index (χ1v) is 9.36. The Labute approximate surface area is 151 Å². The number of hydrogen-bond acceptors (Lipinski definition) is 5. The SMILES string of the molecule is CCCCCCCCOC(=O)c1cccc(C(=O)OCCC(C)C)n1. The third kappa shape index (κ3) is 9.22. The van der Waals surface area contributed by atoms with Gasteiger partial charge in [0.05, 0.1) is 13.2 Å². The van der Waals surface area contributed by atoms with E-state index in [2.05, 4.69) is 25.8 Å². The summed E-state index contributed by atoms with van der Waals surface area (Å²) < 4.78 is 10.4. The van der Waals surface area contributed by atoms with Crippen molar-refractivity contribution in [2.45, 2.75) is 65.7 Å². The maximum absolute atomic E-state index is 12.0. The number of esters is 2. The molecule has 0 N–H and O–H groups in total. The molecule has 0 saturated heterocycles. The van der Waals surface area contributed by atoms with Gasteiger partial charge < -0.3 is 9.47 Å². The van der Waals surface area contributed by atoms with Crippen molar-refractivity contribution < 1.29 is 19.1 Å². The predicted octanol–water partition coefficient (Wildman–Crippen LogP) is 4.80. The van der Waals surface area contributed by atoms with E-state index in [0.29, 0.717) is 19.1 Å². The van der Waals surface area contributed by atoms with Crippen LogP contribution in [0.3, 0.4) is 0 Å².